The molecule has 0 atom stereocenters. The van der Waals surface area contributed by atoms with Gasteiger partial charge in [-0.15, -0.1) is 0 Å². The lowest BCUT2D eigenvalue weighted by atomic mass is 10.1. The van der Waals surface area contributed by atoms with Crippen molar-refractivity contribution in [2.75, 3.05) is 20.3 Å². The van der Waals surface area contributed by atoms with E-state index in [1.165, 1.54) is 10.5 Å². The summed E-state index contributed by atoms with van der Waals surface area (Å²) in [6.07, 6.45) is 2.30. The topological polar surface area (TPSA) is 101 Å². The molecule has 2 N–H and O–H groups in total. The Balaban J connectivity index is 1.92. The van der Waals surface area contributed by atoms with Gasteiger partial charge < -0.3 is 14.6 Å². The molecule has 3 aromatic heterocycles. The third-order valence-electron chi connectivity index (χ3n) is 5.44. The standard InChI is InChI=1S/C24H25N5O3/c1-16-7-6-12-29-21(16)27-22-19(24(29)31)15-18(23(30)26-11-14-32-2)20(25)28(22)13-10-17-8-4-3-5-9-17/h3-9,12,15,25H,10-11,13-14H2,1-2H3,(H,26,30). The summed E-state index contributed by atoms with van der Waals surface area (Å²) in [5.41, 5.74) is 2.77. The van der Waals surface area contributed by atoms with Gasteiger partial charge in [-0.1, -0.05) is 36.4 Å². The number of hydrogen-bond donors (Lipinski definition) is 2. The summed E-state index contributed by atoms with van der Waals surface area (Å²) in [5, 5.41) is 11.8. The molecule has 3 heterocycles. The SMILES string of the molecule is COCCNC(=O)c1cc2c(=O)n3cccc(C)c3nc2n(CCc2ccccc2)c1=N. The quantitative estimate of drug-likeness (QED) is 0.345. The number of pyridine rings is 2. The average Bonchev–Trinajstić information content (AvgIpc) is 2.80. The van der Waals surface area contributed by atoms with Crippen LogP contribution in [0.15, 0.2) is 59.5 Å². The van der Waals surface area contributed by atoms with E-state index in [-0.39, 0.29) is 16.6 Å². The van der Waals surface area contributed by atoms with Gasteiger partial charge in [0.2, 0.25) is 0 Å². The van der Waals surface area contributed by atoms with Crippen molar-refractivity contribution in [2.24, 2.45) is 0 Å². The van der Waals surface area contributed by atoms with E-state index in [4.69, 9.17) is 15.1 Å². The van der Waals surface area contributed by atoms with E-state index >= 15 is 0 Å². The minimum atomic E-state index is -0.420. The normalized spacial score (nSPS) is 11.2. The Morgan fingerprint density at radius 3 is 2.69 bits per heavy atom. The molecule has 0 radical (unpaired) electrons. The van der Waals surface area contributed by atoms with Crippen LogP contribution in [0.3, 0.4) is 0 Å². The van der Waals surface area contributed by atoms with Crippen molar-refractivity contribution in [1.29, 1.82) is 5.41 Å². The molecule has 0 spiro atoms. The molecule has 32 heavy (non-hydrogen) atoms. The first-order valence-electron chi connectivity index (χ1n) is 10.4. The molecule has 0 fully saturated rings. The molecule has 0 aliphatic rings. The molecule has 0 unspecified atom stereocenters. The number of carbonyl (C=O) groups is 1. The third kappa shape index (κ3) is 4.04. The van der Waals surface area contributed by atoms with Crippen molar-refractivity contribution in [1.82, 2.24) is 19.3 Å². The summed E-state index contributed by atoms with van der Waals surface area (Å²) in [7, 11) is 1.55. The van der Waals surface area contributed by atoms with Crippen LogP contribution in [0.25, 0.3) is 16.7 Å². The largest absolute Gasteiger partial charge is 0.383 e. The van der Waals surface area contributed by atoms with Gasteiger partial charge in [0.15, 0.2) is 0 Å². The molecule has 8 heteroatoms. The second-order valence-corrected chi connectivity index (χ2v) is 7.58. The Kier molecular flexibility index (Phi) is 6.13. The van der Waals surface area contributed by atoms with Crippen LogP contribution in [0.5, 0.6) is 0 Å². The second kappa shape index (κ2) is 9.15. The number of rotatable bonds is 7. The maximum atomic E-state index is 13.3. The summed E-state index contributed by atoms with van der Waals surface area (Å²) >= 11 is 0. The number of methoxy groups -OCH3 is 1. The van der Waals surface area contributed by atoms with Crippen molar-refractivity contribution < 1.29 is 9.53 Å². The molecule has 8 nitrogen and oxygen atoms in total. The van der Waals surface area contributed by atoms with E-state index in [1.54, 1.807) is 23.9 Å². The highest BCUT2D eigenvalue weighted by molar-refractivity contribution is 5.96. The lowest BCUT2D eigenvalue weighted by molar-refractivity contribution is 0.0934. The zero-order chi connectivity index (χ0) is 22.7. The van der Waals surface area contributed by atoms with Crippen molar-refractivity contribution in [3.8, 4) is 0 Å². The third-order valence-corrected chi connectivity index (χ3v) is 5.44. The molecule has 1 amide bonds. The Labute approximate surface area is 184 Å². The minimum absolute atomic E-state index is 0.0215. The highest BCUT2D eigenvalue weighted by Gasteiger charge is 2.18. The first-order valence-corrected chi connectivity index (χ1v) is 10.4. The smallest absolute Gasteiger partial charge is 0.267 e. The molecule has 0 aliphatic heterocycles. The molecule has 0 aliphatic carbocycles. The number of carbonyl (C=O) groups excluding carboxylic acids is 1. The van der Waals surface area contributed by atoms with E-state index in [2.05, 4.69) is 5.32 Å². The minimum Gasteiger partial charge on any atom is -0.383 e. The summed E-state index contributed by atoms with van der Waals surface area (Å²) in [6.45, 7) is 2.97. The fourth-order valence-corrected chi connectivity index (χ4v) is 3.73. The molecule has 0 saturated carbocycles. The number of benzene rings is 1. The number of hydrogen-bond acceptors (Lipinski definition) is 5. The highest BCUT2D eigenvalue weighted by Crippen LogP contribution is 2.13. The van der Waals surface area contributed by atoms with Crippen LogP contribution in [0.4, 0.5) is 0 Å². The van der Waals surface area contributed by atoms with Crippen molar-refractivity contribution in [2.45, 2.75) is 19.9 Å². The van der Waals surface area contributed by atoms with Crippen LogP contribution in [0, 0.1) is 12.3 Å². The molecule has 1 aromatic carbocycles. The monoisotopic (exact) mass is 431 g/mol. The van der Waals surface area contributed by atoms with E-state index in [0.717, 1.165) is 11.1 Å². The first kappa shape index (κ1) is 21.5. The van der Waals surface area contributed by atoms with Crippen LogP contribution in [0.1, 0.15) is 21.5 Å². The van der Waals surface area contributed by atoms with Crippen molar-refractivity contribution in [3.63, 3.8) is 0 Å². The number of aryl methyl sites for hydroxylation is 3. The molecule has 0 bridgehead atoms. The molecular formula is C24H25N5O3. The maximum Gasteiger partial charge on any atom is 0.267 e. The Hall–Kier alpha value is -3.78. The van der Waals surface area contributed by atoms with Gasteiger partial charge in [0.05, 0.1) is 17.6 Å². The summed E-state index contributed by atoms with van der Waals surface area (Å²) < 4.78 is 8.12. The van der Waals surface area contributed by atoms with Gasteiger partial charge in [-0.05, 0) is 36.6 Å². The fraction of sp³-hybridized carbons (Fsp3) is 0.250. The number of nitrogens with zero attached hydrogens (tertiary/aromatic N) is 3. The van der Waals surface area contributed by atoms with Crippen LogP contribution >= 0.6 is 0 Å². The number of aromatic nitrogens is 3. The Bertz CT molecular complexity index is 1410. The van der Waals surface area contributed by atoms with Gasteiger partial charge in [0.25, 0.3) is 11.5 Å². The predicted molar refractivity (Wildman–Crippen MR) is 122 cm³/mol. The van der Waals surface area contributed by atoms with Crippen LogP contribution in [-0.4, -0.2) is 40.1 Å². The Morgan fingerprint density at radius 2 is 1.94 bits per heavy atom. The number of nitrogens with one attached hydrogen (secondary N) is 2. The zero-order valence-corrected chi connectivity index (χ0v) is 18.1. The van der Waals surface area contributed by atoms with E-state index in [9.17, 15) is 9.59 Å². The Morgan fingerprint density at radius 1 is 1.16 bits per heavy atom. The van der Waals surface area contributed by atoms with Gasteiger partial charge in [0, 0.05) is 26.4 Å². The van der Waals surface area contributed by atoms with Gasteiger partial charge in [0.1, 0.15) is 16.8 Å². The van der Waals surface area contributed by atoms with E-state index < -0.39 is 5.91 Å². The summed E-state index contributed by atoms with van der Waals surface area (Å²) in [6, 6.07) is 15.0. The van der Waals surface area contributed by atoms with E-state index in [1.807, 2.05) is 43.3 Å². The molecular weight excluding hydrogens is 406 g/mol. The number of amides is 1. The van der Waals surface area contributed by atoms with Crippen molar-refractivity contribution in [3.05, 3.63) is 87.3 Å². The second-order valence-electron chi connectivity index (χ2n) is 7.58. The molecule has 164 valence electrons. The number of ether oxygens (including phenoxy) is 1. The van der Waals surface area contributed by atoms with Crippen LogP contribution in [0.2, 0.25) is 0 Å². The zero-order valence-electron chi connectivity index (χ0n) is 18.1. The number of fused-ring (bicyclic) bond motifs is 2. The lowest BCUT2D eigenvalue weighted by Crippen LogP contribution is -2.36. The van der Waals surface area contributed by atoms with Crippen LogP contribution in [-0.2, 0) is 17.7 Å². The van der Waals surface area contributed by atoms with Crippen molar-refractivity contribution >= 4 is 22.6 Å². The predicted octanol–water partition coefficient (Wildman–Crippen LogP) is 2.06. The van der Waals surface area contributed by atoms with Gasteiger partial charge in [-0.3, -0.25) is 19.4 Å². The van der Waals surface area contributed by atoms with Gasteiger partial charge >= 0.3 is 0 Å². The highest BCUT2D eigenvalue weighted by atomic mass is 16.5. The molecule has 4 rings (SSSR count). The molecule has 0 saturated heterocycles. The van der Waals surface area contributed by atoms with Crippen LogP contribution < -0.4 is 16.4 Å². The fourth-order valence-electron chi connectivity index (χ4n) is 3.73. The average molecular weight is 431 g/mol. The summed E-state index contributed by atoms with van der Waals surface area (Å²) in [4.78, 5) is 30.9. The lowest BCUT2D eigenvalue weighted by Gasteiger charge is -2.15. The molecule has 4 aromatic rings. The van der Waals surface area contributed by atoms with Gasteiger partial charge in [-0.2, -0.15) is 0 Å². The van der Waals surface area contributed by atoms with Gasteiger partial charge in [-0.25, -0.2) is 4.98 Å². The van der Waals surface area contributed by atoms with E-state index in [0.29, 0.717) is 42.8 Å². The summed E-state index contributed by atoms with van der Waals surface area (Å²) in [5.74, 6) is -0.420. The maximum absolute atomic E-state index is 13.3. The first-order chi connectivity index (χ1) is 15.5.